The summed E-state index contributed by atoms with van der Waals surface area (Å²) < 4.78 is 36.4. The molecule has 8 heteroatoms. The third kappa shape index (κ3) is 4.58. The zero-order valence-electron chi connectivity index (χ0n) is 21.3. The molecule has 3 aromatic rings. The number of hydrogen-bond acceptors (Lipinski definition) is 7. The highest BCUT2D eigenvalue weighted by Gasteiger charge is 2.33. The van der Waals surface area contributed by atoms with Crippen LogP contribution < -0.4 is 28.4 Å². The summed E-state index contributed by atoms with van der Waals surface area (Å²) in [5.41, 5.74) is 3.14. The molecule has 0 fully saturated rings. The molecule has 8 nitrogen and oxygen atoms in total. The molecule has 0 saturated heterocycles. The number of ether oxygens (including phenoxy) is 6. The third-order valence-corrected chi connectivity index (χ3v) is 6.56. The van der Waals surface area contributed by atoms with Crippen LogP contribution in [0.1, 0.15) is 29.3 Å². The Bertz CT molecular complexity index is 1130. The molecular formula is C27H34N2O6. The summed E-state index contributed by atoms with van der Waals surface area (Å²) in [7, 11) is 9.89. The van der Waals surface area contributed by atoms with Crippen LogP contribution in [0.15, 0.2) is 42.6 Å². The van der Waals surface area contributed by atoms with E-state index in [1.165, 1.54) is 5.69 Å². The largest absolute Gasteiger partial charge is 0.496 e. The summed E-state index contributed by atoms with van der Waals surface area (Å²) in [5, 5.41) is 0. The number of nitrogens with zero attached hydrogens (tertiary/aromatic N) is 2. The summed E-state index contributed by atoms with van der Waals surface area (Å²) in [4.78, 5) is 2.43. The number of rotatable bonds is 9. The first kappa shape index (κ1) is 24.6. The highest BCUT2D eigenvalue weighted by Crippen LogP contribution is 2.47. The zero-order valence-corrected chi connectivity index (χ0v) is 21.3. The van der Waals surface area contributed by atoms with Gasteiger partial charge in [-0.2, -0.15) is 0 Å². The van der Waals surface area contributed by atoms with Crippen LogP contribution in [0.5, 0.6) is 34.5 Å². The minimum Gasteiger partial charge on any atom is -0.496 e. The van der Waals surface area contributed by atoms with Crippen molar-refractivity contribution >= 4 is 0 Å². The van der Waals surface area contributed by atoms with Crippen LogP contribution in [0.25, 0.3) is 0 Å². The number of aromatic nitrogens is 1. The van der Waals surface area contributed by atoms with Crippen LogP contribution in [0.3, 0.4) is 0 Å². The van der Waals surface area contributed by atoms with Gasteiger partial charge < -0.3 is 33.0 Å². The van der Waals surface area contributed by atoms with Crippen molar-refractivity contribution in [1.29, 1.82) is 0 Å². The normalized spacial score (nSPS) is 15.7. The lowest BCUT2D eigenvalue weighted by molar-refractivity contribution is 0.208. The van der Waals surface area contributed by atoms with Gasteiger partial charge >= 0.3 is 0 Å². The molecule has 1 atom stereocenters. The highest BCUT2D eigenvalue weighted by molar-refractivity contribution is 5.58. The Morgan fingerprint density at radius 2 is 1.43 bits per heavy atom. The van der Waals surface area contributed by atoms with Crippen LogP contribution in [-0.4, -0.2) is 58.7 Å². The molecule has 188 valence electrons. The average Bonchev–Trinajstić information content (AvgIpc) is 3.28. The van der Waals surface area contributed by atoms with Crippen molar-refractivity contribution < 1.29 is 28.4 Å². The molecule has 0 amide bonds. The summed E-state index contributed by atoms with van der Waals surface area (Å²) >= 11 is 0. The van der Waals surface area contributed by atoms with E-state index in [-0.39, 0.29) is 6.04 Å². The molecule has 1 aliphatic rings. The second-order valence-electron chi connectivity index (χ2n) is 8.29. The third-order valence-electron chi connectivity index (χ3n) is 6.56. The second-order valence-corrected chi connectivity index (χ2v) is 8.29. The van der Waals surface area contributed by atoms with Crippen LogP contribution in [0.4, 0.5) is 0 Å². The van der Waals surface area contributed by atoms with Gasteiger partial charge in [0.25, 0.3) is 0 Å². The second kappa shape index (κ2) is 10.8. The maximum absolute atomic E-state index is 5.91. The first-order chi connectivity index (χ1) is 17.1. The number of benzene rings is 2. The molecular weight excluding hydrogens is 448 g/mol. The predicted molar refractivity (Wildman–Crippen MR) is 133 cm³/mol. The van der Waals surface area contributed by atoms with Crippen LogP contribution in [0.2, 0.25) is 0 Å². The predicted octanol–water partition coefficient (Wildman–Crippen LogP) is 4.54. The number of aryl methyl sites for hydroxylation is 1. The van der Waals surface area contributed by atoms with Crippen LogP contribution in [-0.2, 0) is 13.1 Å². The van der Waals surface area contributed by atoms with Gasteiger partial charge in [0.2, 0.25) is 5.75 Å². The molecule has 0 aliphatic carbocycles. The fourth-order valence-electron chi connectivity index (χ4n) is 4.94. The van der Waals surface area contributed by atoms with E-state index < -0.39 is 0 Å². The van der Waals surface area contributed by atoms with Gasteiger partial charge in [-0.3, -0.25) is 4.90 Å². The molecule has 0 N–H and O–H groups in total. The van der Waals surface area contributed by atoms with E-state index in [2.05, 4.69) is 33.9 Å². The molecule has 1 aromatic heterocycles. The standard InChI is InChI=1S/C27H34N2O6/c1-30-18-15-23(32-3)20(24(16-18)33-4)17-29-14-8-13-28-12-7-9-21(28)25(29)19-10-11-22(31-2)27(35-6)26(19)34-5/h7,9-12,15-16,25H,8,13-14,17H2,1-6H3/t25-/m1/s1. The number of fused-ring (bicyclic) bond motifs is 1. The van der Waals surface area contributed by atoms with E-state index in [1.807, 2.05) is 18.2 Å². The van der Waals surface area contributed by atoms with Gasteiger partial charge in [0.1, 0.15) is 17.2 Å². The minimum atomic E-state index is -0.0984. The van der Waals surface area contributed by atoms with E-state index in [0.717, 1.165) is 42.1 Å². The lowest BCUT2D eigenvalue weighted by Crippen LogP contribution is -2.30. The van der Waals surface area contributed by atoms with Gasteiger partial charge in [0, 0.05) is 49.2 Å². The first-order valence-electron chi connectivity index (χ1n) is 11.6. The lowest BCUT2D eigenvalue weighted by Gasteiger charge is -2.33. The molecule has 2 aromatic carbocycles. The molecule has 1 aliphatic heterocycles. The van der Waals surface area contributed by atoms with Crippen molar-refractivity contribution in [3.63, 3.8) is 0 Å². The quantitative estimate of drug-likeness (QED) is 0.444. The molecule has 2 heterocycles. The molecule has 0 saturated carbocycles. The van der Waals surface area contributed by atoms with Gasteiger partial charge in [0.05, 0.1) is 54.3 Å². The molecule has 0 radical (unpaired) electrons. The fraction of sp³-hybridized carbons (Fsp3) is 0.407. The highest BCUT2D eigenvalue weighted by atomic mass is 16.5. The van der Waals surface area contributed by atoms with Crippen molar-refractivity contribution in [2.24, 2.45) is 0 Å². The smallest absolute Gasteiger partial charge is 0.203 e. The Balaban J connectivity index is 1.87. The summed E-state index contributed by atoms with van der Waals surface area (Å²) in [6.45, 7) is 2.40. The molecule has 0 bridgehead atoms. The molecule has 0 spiro atoms. The topological polar surface area (TPSA) is 63.6 Å². The Labute approximate surface area is 206 Å². The van der Waals surface area contributed by atoms with Crippen molar-refractivity contribution in [2.75, 3.05) is 49.2 Å². The molecule has 0 unspecified atom stereocenters. The lowest BCUT2D eigenvalue weighted by atomic mass is 9.98. The Kier molecular flexibility index (Phi) is 7.60. The molecule has 35 heavy (non-hydrogen) atoms. The van der Waals surface area contributed by atoms with Crippen molar-refractivity contribution in [3.05, 3.63) is 59.4 Å². The SMILES string of the molecule is COc1cc(OC)c(CN2CCCn3cccc3[C@H]2c2ccc(OC)c(OC)c2OC)c(OC)c1. The van der Waals surface area contributed by atoms with E-state index >= 15 is 0 Å². The van der Waals surface area contributed by atoms with Crippen molar-refractivity contribution in [1.82, 2.24) is 9.47 Å². The molecule has 4 rings (SSSR count). The minimum absolute atomic E-state index is 0.0984. The van der Waals surface area contributed by atoms with Crippen molar-refractivity contribution in [2.45, 2.75) is 25.6 Å². The van der Waals surface area contributed by atoms with Crippen molar-refractivity contribution in [3.8, 4) is 34.5 Å². The summed E-state index contributed by atoms with van der Waals surface area (Å²) in [6.07, 6.45) is 3.13. The fourth-order valence-corrected chi connectivity index (χ4v) is 4.94. The van der Waals surface area contributed by atoms with Crippen LogP contribution >= 0.6 is 0 Å². The van der Waals surface area contributed by atoms with Gasteiger partial charge in [-0.1, -0.05) is 0 Å². The van der Waals surface area contributed by atoms with Gasteiger partial charge in [0.15, 0.2) is 11.5 Å². The zero-order chi connectivity index (χ0) is 24.9. The van der Waals surface area contributed by atoms with E-state index in [9.17, 15) is 0 Å². The number of methoxy groups -OCH3 is 6. The first-order valence-corrected chi connectivity index (χ1v) is 11.6. The Morgan fingerprint density at radius 3 is 2.03 bits per heavy atom. The summed E-state index contributed by atoms with van der Waals surface area (Å²) in [5.74, 6) is 3.99. The number of hydrogen-bond donors (Lipinski definition) is 0. The van der Waals surface area contributed by atoms with E-state index in [1.54, 1.807) is 42.7 Å². The maximum atomic E-state index is 5.91. The monoisotopic (exact) mass is 482 g/mol. The Morgan fingerprint density at radius 1 is 0.743 bits per heavy atom. The van der Waals surface area contributed by atoms with Gasteiger partial charge in [-0.15, -0.1) is 0 Å². The van der Waals surface area contributed by atoms with Gasteiger partial charge in [-0.05, 0) is 30.7 Å². The maximum Gasteiger partial charge on any atom is 0.203 e. The average molecular weight is 483 g/mol. The van der Waals surface area contributed by atoms with Crippen LogP contribution in [0, 0.1) is 0 Å². The summed E-state index contributed by atoms with van der Waals surface area (Å²) in [6, 6.07) is 11.9. The van der Waals surface area contributed by atoms with Gasteiger partial charge in [-0.25, -0.2) is 0 Å². The Hall–Kier alpha value is -3.52. The van der Waals surface area contributed by atoms with E-state index in [4.69, 9.17) is 28.4 Å². The van der Waals surface area contributed by atoms with E-state index in [0.29, 0.717) is 29.5 Å².